The number of benzene rings is 1. The Morgan fingerprint density at radius 2 is 2.05 bits per heavy atom. The highest BCUT2D eigenvalue weighted by Crippen LogP contribution is 2.38. The molecule has 6 heteroatoms. The summed E-state index contributed by atoms with van der Waals surface area (Å²) >= 11 is 1.46. The molecule has 1 unspecified atom stereocenters. The van der Waals surface area contributed by atoms with E-state index in [-0.39, 0.29) is 17.7 Å². The minimum atomic E-state index is -0.577. The van der Waals surface area contributed by atoms with Gasteiger partial charge in [0.25, 0.3) is 0 Å². The normalized spacial score (nSPS) is 17.1. The molecule has 1 aliphatic rings. The van der Waals surface area contributed by atoms with Crippen molar-refractivity contribution in [3.05, 3.63) is 24.3 Å². The molecule has 1 aromatic carbocycles. The van der Waals surface area contributed by atoms with Crippen molar-refractivity contribution in [3.63, 3.8) is 0 Å². The summed E-state index contributed by atoms with van der Waals surface area (Å²) in [5.41, 5.74) is 0.386. The summed E-state index contributed by atoms with van der Waals surface area (Å²) in [5, 5.41) is 5.25. The number of fused-ring (bicyclic) bond motifs is 1. The molecule has 2 rings (SSSR count). The Kier molecular flexibility index (Phi) is 4.23. The first-order chi connectivity index (χ1) is 9.35. The summed E-state index contributed by atoms with van der Waals surface area (Å²) in [6.45, 7) is 5.28. The average molecular weight is 294 g/mol. The van der Waals surface area contributed by atoms with Gasteiger partial charge in [0.2, 0.25) is 0 Å². The zero-order valence-corrected chi connectivity index (χ0v) is 12.5. The van der Waals surface area contributed by atoms with Crippen molar-refractivity contribution in [1.82, 2.24) is 5.32 Å². The maximum absolute atomic E-state index is 12.0. The third kappa shape index (κ3) is 3.90. The van der Waals surface area contributed by atoms with Crippen LogP contribution in [-0.2, 0) is 9.53 Å². The van der Waals surface area contributed by atoms with Crippen LogP contribution >= 0.6 is 11.8 Å². The molecular weight excluding hydrogens is 276 g/mol. The van der Waals surface area contributed by atoms with Gasteiger partial charge in [-0.25, -0.2) is 4.79 Å². The van der Waals surface area contributed by atoms with Crippen LogP contribution in [0.5, 0.6) is 0 Å². The third-order valence-electron chi connectivity index (χ3n) is 2.52. The maximum Gasteiger partial charge on any atom is 0.408 e. The molecule has 0 bridgehead atoms. The number of ether oxygens (including phenoxy) is 1. The van der Waals surface area contributed by atoms with E-state index in [2.05, 4.69) is 10.6 Å². The van der Waals surface area contributed by atoms with E-state index in [1.807, 2.05) is 24.3 Å². The molecule has 1 aromatic rings. The number of hydrogen-bond acceptors (Lipinski definition) is 5. The highest BCUT2D eigenvalue weighted by molar-refractivity contribution is 8.01. The molecule has 2 N–H and O–H groups in total. The van der Waals surface area contributed by atoms with Gasteiger partial charge in [0.1, 0.15) is 11.0 Å². The molecule has 1 aliphatic heterocycles. The van der Waals surface area contributed by atoms with Gasteiger partial charge in [-0.05, 0) is 32.9 Å². The zero-order valence-electron chi connectivity index (χ0n) is 11.7. The first kappa shape index (κ1) is 14.7. The standard InChI is InChI=1S/C14H18N2O3S/c1-14(2,3)19-13(18)15-8-10(17)12-16-9-6-4-5-7-11(9)20-12/h4-7,12,16H,8H2,1-3H3,(H,15,18). The Bertz CT molecular complexity index is 500. The third-order valence-corrected chi connectivity index (χ3v) is 3.74. The van der Waals surface area contributed by atoms with Gasteiger partial charge in [0.15, 0.2) is 5.78 Å². The quantitative estimate of drug-likeness (QED) is 0.897. The summed E-state index contributed by atoms with van der Waals surface area (Å²) in [6.07, 6.45) is -0.577. The lowest BCUT2D eigenvalue weighted by Gasteiger charge is -2.19. The fourth-order valence-electron chi connectivity index (χ4n) is 1.70. The van der Waals surface area contributed by atoms with E-state index in [1.54, 1.807) is 20.8 Å². The van der Waals surface area contributed by atoms with Crippen LogP contribution in [0.15, 0.2) is 29.2 Å². The van der Waals surface area contributed by atoms with Crippen molar-refractivity contribution >= 4 is 29.3 Å². The molecule has 108 valence electrons. The van der Waals surface area contributed by atoms with Crippen LogP contribution < -0.4 is 10.6 Å². The zero-order chi connectivity index (χ0) is 14.8. The van der Waals surface area contributed by atoms with Gasteiger partial charge in [0.05, 0.1) is 6.54 Å². The lowest BCUT2D eigenvalue weighted by Crippen LogP contribution is -2.39. The number of rotatable bonds is 3. The first-order valence-electron chi connectivity index (χ1n) is 6.37. The Labute approximate surface area is 122 Å². The van der Waals surface area contributed by atoms with Gasteiger partial charge in [0, 0.05) is 10.6 Å². The number of thioether (sulfide) groups is 1. The summed E-state index contributed by atoms with van der Waals surface area (Å²) < 4.78 is 5.08. The topological polar surface area (TPSA) is 67.4 Å². The molecule has 1 heterocycles. The van der Waals surface area contributed by atoms with Gasteiger partial charge in [-0.15, -0.1) is 0 Å². The maximum atomic E-state index is 12.0. The molecule has 0 saturated heterocycles. The molecule has 0 radical (unpaired) electrons. The SMILES string of the molecule is CC(C)(C)OC(=O)NCC(=O)C1Nc2ccccc2S1. The van der Waals surface area contributed by atoms with Gasteiger partial charge >= 0.3 is 6.09 Å². The van der Waals surface area contributed by atoms with Crippen molar-refractivity contribution in [2.24, 2.45) is 0 Å². The Hall–Kier alpha value is -1.69. The number of Topliss-reactive ketones (excluding diaryl/α,β-unsaturated/α-hetero) is 1. The van der Waals surface area contributed by atoms with Crippen LogP contribution in [0.1, 0.15) is 20.8 Å². The molecular formula is C14H18N2O3S. The minimum absolute atomic E-state index is 0.0480. The molecule has 1 amide bonds. The van der Waals surface area contributed by atoms with Crippen molar-refractivity contribution in [3.8, 4) is 0 Å². The van der Waals surface area contributed by atoms with E-state index in [1.165, 1.54) is 11.8 Å². The Morgan fingerprint density at radius 3 is 2.70 bits per heavy atom. The molecule has 1 atom stereocenters. The van der Waals surface area contributed by atoms with Crippen LogP contribution in [0.25, 0.3) is 0 Å². The van der Waals surface area contributed by atoms with E-state index >= 15 is 0 Å². The Morgan fingerprint density at radius 1 is 1.35 bits per heavy atom. The fraction of sp³-hybridized carbons (Fsp3) is 0.429. The highest BCUT2D eigenvalue weighted by atomic mass is 32.2. The first-order valence-corrected chi connectivity index (χ1v) is 7.25. The molecule has 0 saturated carbocycles. The molecule has 0 spiro atoms. The van der Waals surface area contributed by atoms with Crippen molar-refractivity contribution in [2.75, 3.05) is 11.9 Å². The van der Waals surface area contributed by atoms with E-state index in [4.69, 9.17) is 4.74 Å². The van der Waals surface area contributed by atoms with Crippen molar-refractivity contribution in [1.29, 1.82) is 0 Å². The van der Waals surface area contributed by atoms with Gasteiger partial charge < -0.3 is 15.4 Å². The van der Waals surface area contributed by atoms with E-state index in [0.717, 1.165) is 10.6 Å². The van der Waals surface area contributed by atoms with Gasteiger partial charge in [-0.2, -0.15) is 0 Å². The number of ketones is 1. The predicted octanol–water partition coefficient (Wildman–Crippen LogP) is 2.62. The number of hydrogen-bond donors (Lipinski definition) is 2. The number of carbonyl (C=O) groups excluding carboxylic acids is 2. The van der Waals surface area contributed by atoms with E-state index in [9.17, 15) is 9.59 Å². The van der Waals surface area contributed by atoms with Crippen molar-refractivity contribution < 1.29 is 14.3 Å². The van der Waals surface area contributed by atoms with Crippen LogP contribution in [0.2, 0.25) is 0 Å². The fourth-order valence-corrected chi connectivity index (χ4v) is 2.76. The monoisotopic (exact) mass is 294 g/mol. The number of para-hydroxylation sites is 1. The largest absolute Gasteiger partial charge is 0.444 e. The number of carbonyl (C=O) groups is 2. The second-order valence-electron chi connectivity index (χ2n) is 5.46. The second-order valence-corrected chi connectivity index (χ2v) is 6.61. The average Bonchev–Trinajstić information content (AvgIpc) is 2.77. The summed E-state index contributed by atoms with van der Waals surface area (Å²) in [6, 6.07) is 7.73. The number of nitrogens with one attached hydrogen (secondary N) is 2. The molecule has 0 fully saturated rings. The molecule has 0 aromatic heterocycles. The Balaban J connectivity index is 1.81. The molecule has 5 nitrogen and oxygen atoms in total. The predicted molar refractivity (Wildman–Crippen MR) is 79.0 cm³/mol. The van der Waals surface area contributed by atoms with Crippen molar-refractivity contribution in [2.45, 2.75) is 36.6 Å². The second kappa shape index (κ2) is 5.75. The van der Waals surface area contributed by atoms with Crippen LogP contribution in [0.4, 0.5) is 10.5 Å². The number of anilines is 1. The van der Waals surface area contributed by atoms with Crippen LogP contribution in [-0.4, -0.2) is 29.4 Å². The van der Waals surface area contributed by atoms with E-state index < -0.39 is 11.7 Å². The summed E-state index contributed by atoms with van der Waals surface area (Å²) in [7, 11) is 0. The lowest BCUT2D eigenvalue weighted by atomic mass is 10.2. The molecule has 0 aliphatic carbocycles. The smallest absolute Gasteiger partial charge is 0.408 e. The minimum Gasteiger partial charge on any atom is -0.444 e. The van der Waals surface area contributed by atoms with Crippen LogP contribution in [0, 0.1) is 0 Å². The van der Waals surface area contributed by atoms with E-state index in [0.29, 0.717) is 0 Å². The number of alkyl carbamates (subject to hydrolysis) is 1. The van der Waals surface area contributed by atoms with Crippen LogP contribution in [0.3, 0.4) is 0 Å². The summed E-state index contributed by atoms with van der Waals surface area (Å²) in [4.78, 5) is 24.6. The highest BCUT2D eigenvalue weighted by Gasteiger charge is 2.27. The van der Waals surface area contributed by atoms with Gasteiger partial charge in [-0.3, -0.25) is 4.79 Å². The summed E-state index contributed by atoms with van der Waals surface area (Å²) in [5.74, 6) is -0.0861. The molecule has 20 heavy (non-hydrogen) atoms. The number of amides is 1. The lowest BCUT2D eigenvalue weighted by molar-refractivity contribution is -0.117. The van der Waals surface area contributed by atoms with Gasteiger partial charge in [-0.1, -0.05) is 23.9 Å².